The van der Waals surface area contributed by atoms with Crippen molar-refractivity contribution in [3.63, 3.8) is 0 Å². The molecule has 0 saturated heterocycles. The summed E-state index contributed by atoms with van der Waals surface area (Å²) >= 11 is 1.42. The Hall–Kier alpha value is -2.08. The van der Waals surface area contributed by atoms with Crippen LogP contribution in [0.25, 0.3) is 0 Å². The highest BCUT2D eigenvalue weighted by Crippen LogP contribution is 2.25. The molecule has 0 spiro atoms. The zero-order valence-corrected chi connectivity index (χ0v) is 10.2. The Morgan fingerprint density at radius 2 is 2.22 bits per heavy atom. The molecule has 5 nitrogen and oxygen atoms in total. The van der Waals surface area contributed by atoms with E-state index in [-0.39, 0.29) is 11.3 Å². The van der Waals surface area contributed by atoms with Gasteiger partial charge >= 0.3 is 5.97 Å². The Morgan fingerprint density at radius 3 is 2.89 bits per heavy atom. The molecule has 0 fully saturated rings. The van der Waals surface area contributed by atoms with Crippen molar-refractivity contribution in [1.82, 2.24) is 9.97 Å². The number of carboxylic acid groups (broad SMARTS) is 1. The molecular weight excluding hydrogens is 250 g/mol. The summed E-state index contributed by atoms with van der Waals surface area (Å²) in [5.41, 5.74) is 6.79. The quantitative estimate of drug-likeness (QED) is 0.646. The van der Waals surface area contributed by atoms with Gasteiger partial charge < -0.3 is 10.8 Å². The van der Waals surface area contributed by atoms with Crippen molar-refractivity contribution >= 4 is 23.4 Å². The van der Waals surface area contributed by atoms with E-state index in [0.717, 1.165) is 5.03 Å². The number of rotatable bonds is 4. The Bertz CT molecular complexity index is 561. The average Bonchev–Trinajstić information content (AvgIpc) is 2.37. The van der Waals surface area contributed by atoms with Crippen LogP contribution >= 0.6 is 11.8 Å². The predicted octanol–water partition coefficient (Wildman–Crippen LogP) is 2.05. The fraction of sp³-hybridized carbons (Fsp3) is 0.0833. The molecule has 0 atom stereocenters. The standard InChI is InChI=1S/C12H11N3O2S/c13-9-3-1-2-8(11(9)12(16)17)7-18-10-6-14-4-5-15-10/h1-6H,7,13H2,(H,16,17). The van der Waals surface area contributed by atoms with Gasteiger partial charge in [-0.1, -0.05) is 12.1 Å². The second-order valence-electron chi connectivity index (χ2n) is 3.52. The monoisotopic (exact) mass is 261 g/mol. The summed E-state index contributed by atoms with van der Waals surface area (Å²) in [6.45, 7) is 0. The molecule has 0 aliphatic heterocycles. The van der Waals surface area contributed by atoms with Crippen molar-refractivity contribution in [2.45, 2.75) is 10.8 Å². The van der Waals surface area contributed by atoms with Crippen molar-refractivity contribution in [3.05, 3.63) is 47.9 Å². The molecule has 0 radical (unpaired) electrons. The van der Waals surface area contributed by atoms with E-state index in [1.807, 2.05) is 0 Å². The first kappa shape index (κ1) is 12.4. The predicted molar refractivity (Wildman–Crippen MR) is 69.4 cm³/mol. The minimum Gasteiger partial charge on any atom is -0.478 e. The van der Waals surface area contributed by atoms with E-state index < -0.39 is 5.97 Å². The molecule has 92 valence electrons. The van der Waals surface area contributed by atoms with Crippen LogP contribution < -0.4 is 5.73 Å². The van der Waals surface area contributed by atoms with Gasteiger partial charge in [-0.3, -0.25) is 4.98 Å². The van der Waals surface area contributed by atoms with Crippen LogP contribution in [-0.4, -0.2) is 21.0 Å². The lowest BCUT2D eigenvalue weighted by Gasteiger charge is -2.07. The van der Waals surface area contributed by atoms with Gasteiger partial charge in [0.25, 0.3) is 0 Å². The maximum Gasteiger partial charge on any atom is 0.338 e. The number of nitrogen functional groups attached to an aromatic ring is 1. The summed E-state index contributed by atoms with van der Waals surface area (Å²) < 4.78 is 0. The number of aromatic nitrogens is 2. The van der Waals surface area contributed by atoms with Gasteiger partial charge in [0.05, 0.1) is 11.8 Å². The summed E-state index contributed by atoms with van der Waals surface area (Å²) in [4.78, 5) is 19.2. The average molecular weight is 261 g/mol. The van der Waals surface area contributed by atoms with E-state index >= 15 is 0 Å². The van der Waals surface area contributed by atoms with E-state index in [4.69, 9.17) is 10.8 Å². The number of thioether (sulfide) groups is 1. The number of hydrogen-bond donors (Lipinski definition) is 2. The molecule has 0 aliphatic rings. The third kappa shape index (κ3) is 2.78. The Morgan fingerprint density at radius 1 is 1.39 bits per heavy atom. The van der Waals surface area contributed by atoms with E-state index in [2.05, 4.69) is 9.97 Å². The molecule has 0 unspecified atom stereocenters. The molecule has 0 aliphatic carbocycles. The lowest BCUT2D eigenvalue weighted by molar-refractivity contribution is 0.0697. The lowest BCUT2D eigenvalue weighted by Crippen LogP contribution is -2.06. The molecule has 0 amide bonds. The maximum absolute atomic E-state index is 11.1. The fourth-order valence-corrected chi connectivity index (χ4v) is 2.33. The molecule has 1 aromatic carbocycles. The summed E-state index contributed by atoms with van der Waals surface area (Å²) in [5.74, 6) is -0.520. The van der Waals surface area contributed by atoms with Gasteiger partial charge in [0, 0.05) is 23.8 Å². The van der Waals surface area contributed by atoms with Crippen LogP contribution in [0.4, 0.5) is 5.69 Å². The van der Waals surface area contributed by atoms with Crippen LogP contribution in [0.2, 0.25) is 0 Å². The molecule has 6 heteroatoms. The number of carboxylic acids is 1. The van der Waals surface area contributed by atoms with E-state index in [1.54, 1.807) is 36.8 Å². The minimum absolute atomic E-state index is 0.161. The summed E-state index contributed by atoms with van der Waals surface area (Å²) in [6.07, 6.45) is 4.82. The molecule has 0 saturated carbocycles. The highest BCUT2D eigenvalue weighted by atomic mass is 32.2. The second kappa shape index (κ2) is 5.50. The molecule has 0 bridgehead atoms. The van der Waals surface area contributed by atoms with Crippen LogP contribution in [-0.2, 0) is 5.75 Å². The lowest BCUT2D eigenvalue weighted by atomic mass is 10.1. The SMILES string of the molecule is Nc1cccc(CSc2cnccn2)c1C(=O)O. The molecule has 2 rings (SSSR count). The number of hydrogen-bond acceptors (Lipinski definition) is 5. The Balaban J connectivity index is 2.20. The molecule has 1 aromatic heterocycles. The van der Waals surface area contributed by atoms with E-state index in [9.17, 15) is 4.79 Å². The van der Waals surface area contributed by atoms with Gasteiger partial charge in [0.15, 0.2) is 0 Å². The van der Waals surface area contributed by atoms with Crippen LogP contribution in [0, 0.1) is 0 Å². The van der Waals surface area contributed by atoms with Crippen LogP contribution in [0.15, 0.2) is 41.8 Å². The van der Waals surface area contributed by atoms with E-state index in [1.165, 1.54) is 11.8 Å². The van der Waals surface area contributed by atoms with Gasteiger partial charge in [-0.2, -0.15) is 0 Å². The van der Waals surface area contributed by atoms with Crippen LogP contribution in [0.1, 0.15) is 15.9 Å². The summed E-state index contributed by atoms with van der Waals surface area (Å²) in [5, 5.41) is 9.87. The number of anilines is 1. The summed E-state index contributed by atoms with van der Waals surface area (Å²) in [7, 11) is 0. The molecule has 18 heavy (non-hydrogen) atoms. The van der Waals surface area contributed by atoms with Crippen molar-refractivity contribution in [1.29, 1.82) is 0 Å². The van der Waals surface area contributed by atoms with Gasteiger partial charge in [-0.25, -0.2) is 9.78 Å². The van der Waals surface area contributed by atoms with Crippen LogP contribution in [0.3, 0.4) is 0 Å². The highest BCUT2D eigenvalue weighted by molar-refractivity contribution is 7.98. The first-order valence-corrected chi connectivity index (χ1v) is 6.16. The van der Waals surface area contributed by atoms with Gasteiger partial charge in [-0.15, -0.1) is 11.8 Å². The van der Waals surface area contributed by atoms with Crippen LogP contribution in [0.5, 0.6) is 0 Å². The molecule has 2 aromatic rings. The third-order valence-electron chi connectivity index (χ3n) is 2.31. The highest BCUT2D eigenvalue weighted by Gasteiger charge is 2.13. The third-order valence-corrected chi connectivity index (χ3v) is 3.27. The van der Waals surface area contributed by atoms with E-state index in [0.29, 0.717) is 11.3 Å². The van der Waals surface area contributed by atoms with Crippen molar-refractivity contribution < 1.29 is 9.90 Å². The maximum atomic E-state index is 11.1. The molecular formula is C12H11N3O2S. The number of aromatic carboxylic acids is 1. The first-order valence-electron chi connectivity index (χ1n) is 5.18. The topological polar surface area (TPSA) is 89.1 Å². The number of nitrogens with two attached hydrogens (primary N) is 1. The zero-order chi connectivity index (χ0) is 13.0. The van der Waals surface area contributed by atoms with Gasteiger partial charge in [0.1, 0.15) is 5.03 Å². The van der Waals surface area contributed by atoms with Crippen molar-refractivity contribution in [2.75, 3.05) is 5.73 Å². The molecule has 1 heterocycles. The Labute approximate surface area is 108 Å². The number of carbonyl (C=O) groups is 1. The fourth-order valence-electron chi connectivity index (χ4n) is 1.51. The number of nitrogens with zero attached hydrogens (tertiary/aromatic N) is 2. The largest absolute Gasteiger partial charge is 0.478 e. The minimum atomic E-state index is -1.01. The first-order chi connectivity index (χ1) is 8.68. The number of benzene rings is 1. The Kier molecular flexibility index (Phi) is 3.78. The normalized spacial score (nSPS) is 10.2. The van der Waals surface area contributed by atoms with Crippen molar-refractivity contribution in [3.8, 4) is 0 Å². The smallest absolute Gasteiger partial charge is 0.338 e. The van der Waals surface area contributed by atoms with Gasteiger partial charge in [0.2, 0.25) is 0 Å². The van der Waals surface area contributed by atoms with Gasteiger partial charge in [-0.05, 0) is 11.6 Å². The summed E-state index contributed by atoms with van der Waals surface area (Å²) in [6, 6.07) is 5.08. The zero-order valence-electron chi connectivity index (χ0n) is 9.41. The second-order valence-corrected chi connectivity index (χ2v) is 4.51. The molecule has 3 N–H and O–H groups in total. The van der Waals surface area contributed by atoms with Crippen molar-refractivity contribution in [2.24, 2.45) is 0 Å².